The van der Waals surface area contributed by atoms with Crippen LogP contribution in [0.25, 0.3) is 5.69 Å². The highest BCUT2D eigenvalue weighted by Crippen LogP contribution is 2.14. The summed E-state index contributed by atoms with van der Waals surface area (Å²) < 4.78 is 1.63. The minimum atomic E-state index is -0.153. The highest BCUT2D eigenvalue weighted by Gasteiger charge is 2.10. The van der Waals surface area contributed by atoms with Crippen molar-refractivity contribution in [1.82, 2.24) is 20.1 Å². The molecular formula is C26H25N5O2. The van der Waals surface area contributed by atoms with Gasteiger partial charge in [0.1, 0.15) is 0 Å². The molecule has 4 rings (SSSR count). The van der Waals surface area contributed by atoms with E-state index in [2.05, 4.69) is 20.7 Å². The zero-order valence-corrected chi connectivity index (χ0v) is 18.4. The van der Waals surface area contributed by atoms with E-state index in [1.165, 1.54) is 0 Å². The van der Waals surface area contributed by atoms with Crippen LogP contribution in [0.4, 0.5) is 5.69 Å². The van der Waals surface area contributed by atoms with Crippen molar-refractivity contribution in [1.29, 1.82) is 0 Å². The lowest BCUT2D eigenvalue weighted by Crippen LogP contribution is -2.25. The van der Waals surface area contributed by atoms with Crippen LogP contribution in [-0.2, 0) is 17.6 Å². The fraction of sp³-hybridized carbons (Fsp3) is 0.154. The Morgan fingerprint density at radius 1 is 0.970 bits per heavy atom. The highest BCUT2D eigenvalue weighted by molar-refractivity contribution is 5.94. The molecule has 0 aliphatic carbocycles. The average Bonchev–Trinajstić information content (AvgIpc) is 3.28. The van der Waals surface area contributed by atoms with Crippen LogP contribution in [0.15, 0.2) is 85.5 Å². The maximum atomic E-state index is 12.6. The maximum Gasteiger partial charge on any atom is 0.251 e. The summed E-state index contributed by atoms with van der Waals surface area (Å²) in [4.78, 5) is 29.0. The molecule has 2 aromatic heterocycles. The van der Waals surface area contributed by atoms with Gasteiger partial charge in [0, 0.05) is 24.5 Å². The first-order valence-corrected chi connectivity index (χ1v) is 10.7. The number of rotatable bonds is 8. The molecule has 2 N–H and O–H groups in total. The number of anilines is 1. The van der Waals surface area contributed by atoms with Gasteiger partial charge in [-0.15, -0.1) is 0 Å². The Morgan fingerprint density at radius 3 is 2.64 bits per heavy atom. The van der Waals surface area contributed by atoms with Crippen molar-refractivity contribution in [2.24, 2.45) is 0 Å². The lowest BCUT2D eigenvalue weighted by atomic mass is 10.1. The van der Waals surface area contributed by atoms with E-state index in [0.29, 0.717) is 30.6 Å². The zero-order valence-electron chi connectivity index (χ0n) is 18.4. The molecule has 2 amide bonds. The van der Waals surface area contributed by atoms with E-state index >= 15 is 0 Å². The fourth-order valence-corrected chi connectivity index (χ4v) is 3.50. The molecule has 0 unspecified atom stereocenters. The molecule has 0 saturated carbocycles. The van der Waals surface area contributed by atoms with Gasteiger partial charge in [0.25, 0.3) is 5.91 Å². The molecule has 2 heterocycles. The van der Waals surface area contributed by atoms with E-state index in [1.807, 2.05) is 55.5 Å². The molecular weight excluding hydrogens is 414 g/mol. The standard InChI is InChI=1S/C26H25N5O2/c1-19-5-2-6-21(13-19)14-25(32)30-23-17-29-31(18-23)24-9-3-8-22(15-24)26(33)28-12-10-20-7-4-11-27-16-20/h2-9,11,13,15-18H,10,12,14H2,1H3,(H,28,33)(H,30,32). The van der Waals surface area contributed by atoms with E-state index < -0.39 is 0 Å². The molecule has 0 aliphatic heterocycles. The van der Waals surface area contributed by atoms with Crippen molar-refractivity contribution in [3.8, 4) is 5.69 Å². The van der Waals surface area contributed by atoms with Gasteiger partial charge < -0.3 is 10.6 Å². The van der Waals surface area contributed by atoms with Crippen molar-refractivity contribution >= 4 is 17.5 Å². The van der Waals surface area contributed by atoms with Crippen molar-refractivity contribution < 1.29 is 9.59 Å². The number of pyridine rings is 1. The number of hydrogen-bond acceptors (Lipinski definition) is 4. The largest absolute Gasteiger partial charge is 0.352 e. The van der Waals surface area contributed by atoms with Gasteiger partial charge in [0.05, 0.1) is 30.2 Å². The second kappa shape index (κ2) is 10.4. The van der Waals surface area contributed by atoms with E-state index in [4.69, 9.17) is 0 Å². The lowest BCUT2D eigenvalue weighted by Gasteiger charge is -2.07. The monoisotopic (exact) mass is 439 g/mol. The quantitative estimate of drug-likeness (QED) is 0.438. The number of aromatic nitrogens is 3. The molecule has 0 aliphatic rings. The summed E-state index contributed by atoms with van der Waals surface area (Å²) in [5, 5.41) is 10.1. The number of carbonyl (C=O) groups excluding carboxylic acids is 2. The predicted molar refractivity (Wildman–Crippen MR) is 127 cm³/mol. The summed E-state index contributed by atoms with van der Waals surface area (Å²) in [7, 11) is 0. The summed E-state index contributed by atoms with van der Waals surface area (Å²) in [6.07, 6.45) is 7.85. The predicted octanol–water partition coefficient (Wildman–Crippen LogP) is 3.73. The Labute approximate surface area is 192 Å². The number of benzene rings is 2. The van der Waals surface area contributed by atoms with Gasteiger partial charge >= 0.3 is 0 Å². The summed E-state index contributed by atoms with van der Waals surface area (Å²) in [5.74, 6) is -0.263. The summed E-state index contributed by atoms with van der Waals surface area (Å²) in [5.41, 5.74) is 5.02. The number of amides is 2. The molecule has 7 heteroatoms. The van der Waals surface area contributed by atoms with Gasteiger partial charge in [0.2, 0.25) is 5.91 Å². The molecule has 2 aromatic carbocycles. The van der Waals surface area contributed by atoms with E-state index in [9.17, 15) is 9.59 Å². The van der Waals surface area contributed by atoms with E-state index in [-0.39, 0.29) is 11.8 Å². The molecule has 33 heavy (non-hydrogen) atoms. The van der Waals surface area contributed by atoms with Crippen molar-refractivity contribution in [2.75, 3.05) is 11.9 Å². The third kappa shape index (κ3) is 6.13. The number of aryl methyl sites for hydroxylation is 1. The van der Waals surface area contributed by atoms with Crippen LogP contribution in [0.5, 0.6) is 0 Å². The zero-order chi connectivity index (χ0) is 23.0. The number of nitrogens with zero attached hydrogens (tertiary/aromatic N) is 3. The first-order chi connectivity index (χ1) is 16.1. The molecule has 0 bridgehead atoms. The van der Waals surface area contributed by atoms with Crippen LogP contribution in [0.2, 0.25) is 0 Å². The summed E-state index contributed by atoms with van der Waals surface area (Å²) >= 11 is 0. The van der Waals surface area contributed by atoms with Gasteiger partial charge in [-0.25, -0.2) is 4.68 Å². The van der Waals surface area contributed by atoms with Crippen molar-refractivity contribution in [3.63, 3.8) is 0 Å². The third-order valence-electron chi connectivity index (χ3n) is 5.11. The first kappa shape index (κ1) is 22.0. The van der Waals surface area contributed by atoms with Crippen LogP contribution in [0, 0.1) is 6.92 Å². The van der Waals surface area contributed by atoms with Crippen LogP contribution >= 0.6 is 0 Å². The average molecular weight is 440 g/mol. The molecule has 0 saturated heterocycles. The summed E-state index contributed by atoms with van der Waals surface area (Å²) in [6, 6.07) is 18.9. The Morgan fingerprint density at radius 2 is 1.82 bits per heavy atom. The van der Waals surface area contributed by atoms with E-state index in [0.717, 1.165) is 22.4 Å². The number of nitrogens with one attached hydrogen (secondary N) is 2. The highest BCUT2D eigenvalue weighted by atomic mass is 16.2. The topological polar surface area (TPSA) is 88.9 Å². The van der Waals surface area contributed by atoms with Crippen molar-refractivity contribution in [2.45, 2.75) is 19.8 Å². The van der Waals surface area contributed by atoms with Gasteiger partial charge in [-0.1, -0.05) is 42.0 Å². The first-order valence-electron chi connectivity index (χ1n) is 10.7. The molecule has 7 nitrogen and oxygen atoms in total. The van der Waals surface area contributed by atoms with Crippen molar-refractivity contribution in [3.05, 3.63) is 108 Å². The second-order valence-electron chi connectivity index (χ2n) is 7.81. The van der Waals surface area contributed by atoms with Gasteiger partial charge in [-0.3, -0.25) is 14.6 Å². The SMILES string of the molecule is Cc1cccc(CC(=O)Nc2cnn(-c3cccc(C(=O)NCCc4cccnc4)c3)c2)c1. The lowest BCUT2D eigenvalue weighted by molar-refractivity contribution is -0.115. The Bertz CT molecular complexity index is 1250. The fourth-order valence-electron chi connectivity index (χ4n) is 3.50. The Balaban J connectivity index is 1.35. The van der Waals surface area contributed by atoms with Crippen LogP contribution < -0.4 is 10.6 Å². The van der Waals surface area contributed by atoms with Crippen LogP contribution in [0.1, 0.15) is 27.0 Å². The van der Waals surface area contributed by atoms with Crippen LogP contribution in [0.3, 0.4) is 0 Å². The smallest absolute Gasteiger partial charge is 0.251 e. The molecule has 0 spiro atoms. The minimum absolute atomic E-state index is 0.109. The summed E-state index contributed by atoms with van der Waals surface area (Å²) in [6.45, 7) is 2.52. The van der Waals surface area contributed by atoms with Gasteiger partial charge in [-0.05, 0) is 48.7 Å². The molecule has 4 aromatic rings. The Kier molecular flexibility index (Phi) is 6.90. The maximum absolute atomic E-state index is 12.6. The van der Waals surface area contributed by atoms with Gasteiger partial charge in [0.15, 0.2) is 0 Å². The second-order valence-corrected chi connectivity index (χ2v) is 7.81. The van der Waals surface area contributed by atoms with E-state index in [1.54, 1.807) is 41.6 Å². The van der Waals surface area contributed by atoms with Crippen LogP contribution in [-0.4, -0.2) is 33.1 Å². The minimum Gasteiger partial charge on any atom is -0.352 e. The van der Waals surface area contributed by atoms with Gasteiger partial charge in [-0.2, -0.15) is 5.10 Å². The normalized spacial score (nSPS) is 10.6. The molecule has 0 atom stereocenters. The Hall–Kier alpha value is -4.26. The molecule has 0 radical (unpaired) electrons. The third-order valence-corrected chi connectivity index (χ3v) is 5.11. The number of carbonyl (C=O) groups is 2. The molecule has 0 fully saturated rings. The number of hydrogen-bond donors (Lipinski definition) is 2. The molecule has 166 valence electrons.